The van der Waals surface area contributed by atoms with Gasteiger partial charge in [-0.05, 0) is 31.9 Å². The lowest BCUT2D eigenvalue weighted by Gasteiger charge is -2.07. The molecule has 0 spiro atoms. The lowest BCUT2D eigenvalue weighted by molar-refractivity contribution is 0.101. The molecule has 24 heavy (non-hydrogen) atoms. The Morgan fingerprint density at radius 3 is 3.04 bits per heavy atom. The van der Waals surface area contributed by atoms with E-state index in [1.165, 1.54) is 0 Å². The van der Waals surface area contributed by atoms with Crippen LogP contribution in [0.4, 0.5) is 5.69 Å². The van der Waals surface area contributed by atoms with Gasteiger partial charge in [0.2, 0.25) is 0 Å². The van der Waals surface area contributed by atoms with Crippen LogP contribution in [0.2, 0.25) is 0 Å². The highest BCUT2D eigenvalue weighted by Crippen LogP contribution is 2.40. The highest BCUT2D eigenvalue weighted by molar-refractivity contribution is 6.03. The van der Waals surface area contributed by atoms with Crippen LogP contribution < -0.4 is 5.32 Å². The lowest BCUT2D eigenvalue weighted by atomic mass is 10.2. The third-order valence-corrected chi connectivity index (χ3v) is 4.08. The fourth-order valence-electron chi connectivity index (χ4n) is 2.60. The molecule has 2 heterocycles. The molecule has 1 aromatic carbocycles. The Bertz CT molecular complexity index is 879. The number of hydrogen-bond donors (Lipinski definition) is 1. The summed E-state index contributed by atoms with van der Waals surface area (Å²) in [5.41, 5.74) is 1.88. The largest absolute Gasteiger partial charge is 0.360 e. The van der Waals surface area contributed by atoms with E-state index in [2.05, 4.69) is 20.7 Å². The van der Waals surface area contributed by atoms with Crippen LogP contribution in [0.5, 0.6) is 0 Å². The molecule has 3 aromatic rings. The van der Waals surface area contributed by atoms with E-state index >= 15 is 0 Å². The van der Waals surface area contributed by atoms with Crippen molar-refractivity contribution in [2.45, 2.75) is 32.2 Å². The normalized spacial score (nSPS) is 13.9. The van der Waals surface area contributed by atoms with E-state index in [0.29, 0.717) is 17.3 Å². The second-order valence-electron chi connectivity index (χ2n) is 5.86. The molecule has 2 aromatic heterocycles. The molecule has 1 N–H and O–H groups in total. The van der Waals surface area contributed by atoms with Crippen LogP contribution >= 0.6 is 0 Å². The van der Waals surface area contributed by atoms with Gasteiger partial charge in [0.1, 0.15) is 12.1 Å². The fourth-order valence-corrected chi connectivity index (χ4v) is 2.60. The highest BCUT2D eigenvalue weighted by atomic mass is 16.5. The zero-order valence-corrected chi connectivity index (χ0v) is 13.3. The Morgan fingerprint density at radius 2 is 2.25 bits per heavy atom. The molecular formula is C17H17N5O2. The number of anilines is 1. The fraction of sp³-hybridized carbons (Fsp3) is 0.294. The highest BCUT2D eigenvalue weighted by Gasteiger charge is 2.28. The first-order valence-corrected chi connectivity index (χ1v) is 8.01. The quantitative estimate of drug-likeness (QED) is 0.780. The van der Waals surface area contributed by atoms with E-state index in [1.54, 1.807) is 12.4 Å². The monoisotopic (exact) mass is 323 g/mol. The average Bonchev–Trinajstić information content (AvgIpc) is 3.14. The number of aryl methyl sites for hydroxylation is 1. The summed E-state index contributed by atoms with van der Waals surface area (Å²) in [6, 6.07) is 9.24. The topological polar surface area (TPSA) is 85.8 Å². The lowest BCUT2D eigenvalue weighted by Crippen LogP contribution is -2.12. The minimum Gasteiger partial charge on any atom is -0.360 e. The molecule has 0 radical (unpaired) electrons. The summed E-state index contributed by atoms with van der Waals surface area (Å²) >= 11 is 0. The van der Waals surface area contributed by atoms with Crippen molar-refractivity contribution in [3.8, 4) is 11.4 Å². The van der Waals surface area contributed by atoms with Gasteiger partial charge in [0.15, 0.2) is 11.5 Å². The van der Waals surface area contributed by atoms with Gasteiger partial charge in [0.25, 0.3) is 5.91 Å². The molecule has 1 amide bonds. The average molecular weight is 323 g/mol. The molecule has 7 nitrogen and oxygen atoms in total. The molecule has 1 aliphatic carbocycles. The Morgan fingerprint density at radius 1 is 1.38 bits per heavy atom. The first kappa shape index (κ1) is 14.6. The van der Waals surface area contributed by atoms with E-state index < -0.39 is 0 Å². The number of aromatic nitrogens is 4. The molecule has 0 unspecified atom stereocenters. The minimum atomic E-state index is -0.278. The summed E-state index contributed by atoms with van der Waals surface area (Å²) in [6.07, 6.45) is 3.90. The molecule has 1 fully saturated rings. The van der Waals surface area contributed by atoms with Gasteiger partial charge in [-0.15, -0.1) is 10.2 Å². The van der Waals surface area contributed by atoms with Gasteiger partial charge >= 0.3 is 0 Å². The SMILES string of the molecule is CCn1cnnc1-c1cccc(NC(=O)c2cc(C3CC3)on2)c1. The molecule has 1 aliphatic rings. The molecular weight excluding hydrogens is 306 g/mol. The summed E-state index contributed by atoms with van der Waals surface area (Å²) in [5.74, 6) is 1.72. The maximum atomic E-state index is 12.3. The molecule has 122 valence electrons. The van der Waals surface area contributed by atoms with Crippen molar-refractivity contribution in [1.82, 2.24) is 19.9 Å². The van der Waals surface area contributed by atoms with Crippen LogP contribution in [0.3, 0.4) is 0 Å². The smallest absolute Gasteiger partial charge is 0.277 e. The molecule has 0 saturated heterocycles. The number of benzene rings is 1. The number of amides is 1. The second-order valence-corrected chi connectivity index (χ2v) is 5.86. The van der Waals surface area contributed by atoms with Crippen LogP contribution in [0.15, 0.2) is 41.2 Å². The van der Waals surface area contributed by atoms with Gasteiger partial charge in [-0.2, -0.15) is 0 Å². The van der Waals surface area contributed by atoms with Gasteiger partial charge in [0, 0.05) is 29.8 Å². The van der Waals surface area contributed by atoms with Gasteiger partial charge in [-0.25, -0.2) is 0 Å². The summed E-state index contributed by atoms with van der Waals surface area (Å²) in [5, 5.41) is 14.8. The molecule has 4 rings (SSSR count). The maximum absolute atomic E-state index is 12.3. The van der Waals surface area contributed by atoms with Crippen LogP contribution in [0.25, 0.3) is 11.4 Å². The van der Waals surface area contributed by atoms with Crippen molar-refractivity contribution in [3.63, 3.8) is 0 Å². The van der Waals surface area contributed by atoms with Crippen LogP contribution in [0, 0.1) is 0 Å². The summed E-state index contributed by atoms with van der Waals surface area (Å²) in [4.78, 5) is 12.3. The molecule has 0 atom stereocenters. The molecule has 0 bridgehead atoms. The van der Waals surface area contributed by atoms with Gasteiger partial charge in [0.05, 0.1) is 0 Å². The minimum absolute atomic E-state index is 0.278. The molecule has 1 saturated carbocycles. The third kappa shape index (κ3) is 2.80. The van der Waals surface area contributed by atoms with Gasteiger partial charge in [-0.3, -0.25) is 4.79 Å². The predicted octanol–water partition coefficient (Wildman–Crippen LogP) is 3.08. The van der Waals surface area contributed by atoms with Crippen molar-refractivity contribution < 1.29 is 9.32 Å². The Labute approximate surface area is 138 Å². The Kier molecular flexibility index (Phi) is 3.60. The van der Waals surface area contributed by atoms with E-state index in [-0.39, 0.29) is 5.91 Å². The number of carbonyl (C=O) groups excluding carboxylic acids is 1. The van der Waals surface area contributed by atoms with Crippen molar-refractivity contribution in [2.75, 3.05) is 5.32 Å². The first-order chi connectivity index (χ1) is 11.7. The van der Waals surface area contributed by atoms with Crippen LogP contribution in [-0.4, -0.2) is 25.8 Å². The van der Waals surface area contributed by atoms with E-state index in [9.17, 15) is 4.79 Å². The van der Waals surface area contributed by atoms with E-state index in [1.807, 2.05) is 35.8 Å². The zero-order valence-electron chi connectivity index (χ0n) is 13.3. The number of nitrogens with one attached hydrogen (secondary N) is 1. The number of hydrogen-bond acceptors (Lipinski definition) is 5. The van der Waals surface area contributed by atoms with Crippen LogP contribution in [0.1, 0.15) is 41.9 Å². The number of rotatable bonds is 5. The summed E-state index contributed by atoms with van der Waals surface area (Å²) in [6.45, 7) is 2.81. The third-order valence-electron chi connectivity index (χ3n) is 4.08. The number of carbonyl (C=O) groups is 1. The zero-order chi connectivity index (χ0) is 16.5. The summed E-state index contributed by atoms with van der Waals surface area (Å²) < 4.78 is 7.17. The second kappa shape index (κ2) is 5.92. The van der Waals surface area contributed by atoms with Gasteiger partial charge in [-0.1, -0.05) is 17.3 Å². The van der Waals surface area contributed by atoms with Crippen molar-refractivity contribution >= 4 is 11.6 Å². The van der Waals surface area contributed by atoms with Gasteiger partial charge < -0.3 is 14.4 Å². The van der Waals surface area contributed by atoms with Crippen LogP contribution in [-0.2, 0) is 6.54 Å². The standard InChI is InChI=1S/C17H17N5O2/c1-2-22-10-18-20-16(22)12-4-3-5-13(8-12)19-17(23)14-9-15(24-21-14)11-6-7-11/h3-5,8-11H,2,6-7H2,1H3,(H,19,23). The van der Waals surface area contributed by atoms with Crippen molar-refractivity contribution in [2.24, 2.45) is 0 Å². The molecule has 7 heteroatoms. The van der Waals surface area contributed by atoms with Crippen molar-refractivity contribution in [3.05, 3.63) is 48.1 Å². The molecule has 0 aliphatic heterocycles. The Balaban J connectivity index is 1.53. The van der Waals surface area contributed by atoms with E-state index in [4.69, 9.17) is 4.52 Å². The maximum Gasteiger partial charge on any atom is 0.277 e. The number of nitrogens with zero attached hydrogens (tertiary/aromatic N) is 4. The van der Waals surface area contributed by atoms with E-state index in [0.717, 1.165) is 36.5 Å². The first-order valence-electron chi connectivity index (χ1n) is 8.01. The Hall–Kier alpha value is -2.96. The predicted molar refractivity (Wildman–Crippen MR) is 87.6 cm³/mol. The van der Waals surface area contributed by atoms with Crippen molar-refractivity contribution in [1.29, 1.82) is 0 Å². The summed E-state index contributed by atoms with van der Waals surface area (Å²) in [7, 11) is 0.